The Bertz CT molecular complexity index is 561. The van der Waals surface area contributed by atoms with Crippen LogP contribution >= 0.6 is 0 Å². The van der Waals surface area contributed by atoms with Crippen LogP contribution in [0.25, 0.3) is 0 Å². The fourth-order valence-electron chi connectivity index (χ4n) is 1.82. The lowest BCUT2D eigenvalue weighted by Gasteiger charge is -2.04. The zero-order chi connectivity index (χ0) is 14.4. The van der Waals surface area contributed by atoms with Gasteiger partial charge >= 0.3 is 0 Å². The minimum Gasteiger partial charge on any atom is -0.497 e. The van der Waals surface area contributed by atoms with Crippen LogP contribution in [0, 0.1) is 6.92 Å². The van der Waals surface area contributed by atoms with Crippen LogP contribution in [0.15, 0.2) is 34.9 Å². The molecule has 1 aromatic heterocycles. The van der Waals surface area contributed by atoms with Gasteiger partial charge in [-0.25, -0.2) is 4.98 Å². The third-order valence-electron chi connectivity index (χ3n) is 2.93. The van der Waals surface area contributed by atoms with Crippen molar-refractivity contribution in [1.29, 1.82) is 0 Å². The van der Waals surface area contributed by atoms with E-state index in [0.717, 1.165) is 17.0 Å². The first-order valence-electron chi connectivity index (χ1n) is 6.48. The lowest BCUT2D eigenvalue weighted by Crippen LogP contribution is -2.23. The molecule has 1 amide bonds. The molecular formula is C15H18N2O3. The number of amides is 1. The van der Waals surface area contributed by atoms with Crippen LogP contribution in [-0.4, -0.2) is 18.0 Å². The van der Waals surface area contributed by atoms with Crippen molar-refractivity contribution in [2.45, 2.75) is 26.3 Å². The summed E-state index contributed by atoms with van der Waals surface area (Å²) in [6.07, 6.45) is 2.70. The van der Waals surface area contributed by atoms with Gasteiger partial charge in [-0.15, -0.1) is 0 Å². The van der Waals surface area contributed by atoms with Crippen molar-refractivity contribution >= 4 is 5.91 Å². The Hall–Kier alpha value is -2.30. The van der Waals surface area contributed by atoms with E-state index in [2.05, 4.69) is 10.3 Å². The normalized spacial score (nSPS) is 10.3. The molecule has 5 nitrogen and oxygen atoms in total. The Kier molecular flexibility index (Phi) is 4.76. The predicted octanol–water partition coefficient (Wildman–Crippen LogP) is 2.24. The predicted molar refractivity (Wildman–Crippen MR) is 74.4 cm³/mol. The minimum absolute atomic E-state index is 0.00136. The summed E-state index contributed by atoms with van der Waals surface area (Å²) in [5.74, 6) is 1.42. The molecule has 0 spiro atoms. The van der Waals surface area contributed by atoms with E-state index in [1.807, 2.05) is 24.3 Å². The Morgan fingerprint density at radius 2 is 2.10 bits per heavy atom. The molecule has 0 aliphatic carbocycles. The molecule has 2 aromatic rings. The molecule has 0 bridgehead atoms. The van der Waals surface area contributed by atoms with Crippen LogP contribution < -0.4 is 10.1 Å². The number of methoxy groups -OCH3 is 1. The molecule has 0 unspecified atom stereocenters. The molecule has 1 heterocycles. The molecule has 0 aliphatic heterocycles. The molecule has 2 rings (SSSR count). The first-order valence-corrected chi connectivity index (χ1v) is 6.48. The minimum atomic E-state index is 0.00136. The van der Waals surface area contributed by atoms with E-state index in [9.17, 15) is 4.79 Å². The molecular weight excluding hydrogens is 256 g/mol. The highest BCUT2D eigenvalue weighted by Crippen LogP contribution is 2.12. The summed E-state index contributed by atoms with van der Waals surface area (Å²) in [5, 5.41) is 2.82. The number of hydrogen-bond acceptors (Lipinski definition) is 4. The summed E-state index contributed by atoms with van der Waals surface area (Å²) in [7, 11) is 1.63. The van der Waals surface area contributed by atoms with Gasteiger partial charge in [-0.1, -0.05) is 12.1 Å². The van der Waals surface area contributed by atoms with Crippen molar-refractivity contribution in [3.63, 3.8) is 0 Å². The number of rotatable bonds is 6. The van der Waals surface area contributed by atoms with Crippen LogP contribution in [-0.2, 0) is 17.8 Å². The van der Waals surface area contributed by atoms with E-state index in [4.69, 9.17) is 9.15 Å². The standard InChI is InChI=1S/C15H18N2O3/c1-11-17-13(10-20-11)9-16-15(18)8-5-12-3-6-14(19-2)7-4-12/h3-4,6-7,10H,5,8-9H2,1-2H3,(H,16,18). The van der Waals surface area contributed by atoms with Crippen molar-refractivity contribution in [3.05, 3.63) is 47.7 Å². The maximum atomic E-state index is 11.7. The van der Waals surface area contributed by atoms with Crippen LogP contribution in [0.4, 0.5) is 0 Å². The van der Waals surface area contributed by atoms with Gasteiger partial charge in [-0.05, 0) is 24.1 Å². The summed E-state index contributed by atoms with van der Waals surface area (Å²) in [6, 6.07) is 7.72. The number of benzene rings is 1. The van der Waals surface area contributed by atoms with Gasteiger partial charge in [0.15, 0.2) is 5.89 Å². The lowest BCUT2D eigenvalue weighted by molar-refractivity contribution is -0.121. The molecule has 0 aliphatic rings. The second-order valence-electron chi connectivity index (χ2n) is 4.48. The van der Waals surface area contributed by atoms with Gasteiger partial charge in [0.2, 0.25) is 5.91 Å². The average molecular weight is 274 g/mol. The largest absolute Gasteiger partial charge is 0.497 e. The van der Waals surface area contributed by atoms with Crippen LogP contribution in [0.2, 0.25) is 0 Å². The number of ether oxygens (including phenoxy) is 1. The topological polar surface area (TPSA) is 64.4 Å². The monoisotopic (exact) mass is 274 g/mol. The molecule has 0 atom stereocenters. The third kappa shape index (κ3) is 4.12. The Labute approximate surface area is 118 Å². The number of oxazole rings is 1. The van der Waals surface area contributed by atoms with Crippen LogP contribution in [0.1, 0.15) is 23.6 Å². The smallest absolute Gasteiger partial charge is 0.220 e. The first kappa shape index (κ1) is 14.1. The van der Waals surface area contributed by atoms with E-state index < -0.39 is 0 Å². The van der Waals surface area contributed by atoms with E-state index >= 15 is 0 Å². The molecule has 20 heavy (non-hydrogen) atoms. The van der Waals surface area contributed by atoms with Gasteiger partial charge in [-0.3, -0.25) is 4.79 Å². The number of nitrogens with zero attached hydrogens (tertiary/aromatic N) is 1. The number of aromatic nitrogens is 1. The van der Waals surface area contributed by atoms with Gasteiger partial charge in [0.25, 0.3) is 0 Å². The van der Waals surface area contributed by atoms with Gasteiger partial charge in [0.1, 0.15) is 12.0 Å². The highest BCUT2D eigenvalue weighted by molar-refractivity contribution is 5.76. The SMILES string of the molecule is COc1ccc(CCC(=O)NCc2coc(C)n2)cc1. The fraction of sp³-hybridized carbons (Fsp3) is 0.333. The molecule has 0 saturated heterocycles. The summed E-state index contributed by atoms with van der Waals surface area (Å²) in [6.45, 7) is 2.17. The number of carbonyl (C=O) groups is 1. The second kappa shape index (κ2) is 6.75. The second-order valence-corrected chi connectivity index (χ2v) is 4.48. The third-order valence-corrected chi connectivity index (χ3v) is 2.93. The number of hydrogen-bond donors (Lipinski definition) is 1. The Morgan fingerprint density at radius 1 is 1.35 bits per heavy atom. The molecule has 5 heteroatoms. The van der Waals surface area contributed by atoms with E-state index in [-0.39, 0.29) is 5.91 Å². The van der Waals surface area contributed by atoms with Crippen molar-refractivity contribution in [1.82, 2.24) is 10.3 Å². The van der Waals surface area contributed by atoms with Crippen molar-refractivity contribution < 1.29 is 13.9 Å². The fourth-order valence-corrected chi connectivity index (χ4v) is 1.82. The zero-order valence-electron chi connectivity index (χ0n) is 11.7. The van der Waals surface area contributed by atoms with Gasteiger partial charge in [0, 0.05) is 13.3 Å². The molecule has 0 fully saturated rings. The number of carbonyl (C=O) groups excluding carboxylic acids is 1. The van der Waals surface area contributed by atoms with Gasteiger partial charge < -0.3 is 14.5 Å². The summed E-state index contributed by atoms with van der Waals surface area (Å²) in [4.78, 5) is 15.9. The Morgan fingerprint density at radius 3 is 2.70 bits per heavy atom. The maximum Gasteiger partial charge on any atom is 0.220 e. The summed E-state index contributed by atoms with van der Waals surface area (Å²) in [5.41, 5.74) is 1.85. The first-order chi connectivity index (χ1) is 9.67. The van der Waals surface area contributed by atoms with Crippen LogP contribution in [0.3, 0.4) is 0 Å². The molecule has 1 aromatic carbocycles. The number of nitrogens with one attached hydrogen (secondary N) is 1. The van der Waals surface area contributed by atoms with Crippen LogP contribution in [0.5, 0.6) is 5.75 Å². The van der Waals surface area contributed by atoms with Crippen molar-refractivity contribution in [2.75, 3.05) is 7.11 Å². The molecule has 0 radical (unpaired) electrons. The number of aryl methyl sites for hydroxylation is 2. The quantitative estimate of drug-likeness (QED) is 0.877. The summed E-state index contributed by atoms with van der Waals surface area (Å²) < 4.78 is 10.2. The highest BCUT2D eigenvalue weighted by Gasteiger charge is 2.05. The van der Waals surface area contributed by atoms with Crippen molar-refractivity contribution in [3.8, 4) is 5.75 Å². The average Bonchev–Trinajstić information content (AvgIpc) is 2.89. The highest BCUT2D eigenvalue weighted by atomic mass is 16.5. The lowest BCUT2D eigenvalue weighted by atomic mass is 10.1. The molecule has 106 valence electrons. The van der Waals surface area contributed by atoms with Gasteiger partial charge in [0.05, 0.1) is 19.3 Å². The Balaban J connectivity index is 1.74. The van der Waals surface area contributed by atoms with Crippen molar-refractivity contribution in [2.24, 2.45) is 0 Å². The van der Waals surface area contributed by atoms with E-state index in [0.29, 0.717) is 25.3 Å². The summed E-state index contributed by atoms with van der Waals surface area (Å²) >= 11 is 0. The zero-order valence-corrected chi connectivity index (χ0v) is 11.7. The maximum absolute atomic E-state index is 11.7. The van der Waals surface area contributed by atoms with E-state index in [1.165, 1.54) is 0 Å². The molecule has 0 saturated carbocycles. The molecule has 1 N–H and O–H groups in total. The van der Waals surface area contributed by atoms with E-state index in [1.54, 1.807) is 20.3 Å². The van der Waals surface area contributed by atoms with Gasteiger partial charge in [-0.2, -0.15) is 0 Å².